The summed E-state index contributed by atoms with van der Waals surface area (Å²) in [6.07, 6.45) is 0. The number of carbonyl (C=O) groups is 1. The molecule has 0 saturated carbocycles. The summed E-state index contributed by atoms with van der Waals surface area (Å²) in [4.78, 5) is 12.3. The molecule has 0 unspecified atom stereocenters. The highest BCUT2D eigenvalue weighted by Gasteiger charge is 2.14. The molecule has 2 aromatic carbocycles. The lowest BCUT2D eigenvalue weighted by Crippen LogP contribution is -2.03. The molecular formula is C14H10BrClO2. The van der Waals surface area contributed by atoms with Gasteiger partial charge in [0.05, 0.1) is 12.7 Å². The maximum atomic E-state index is 12.3. The van der Waals surface area contributed by atoms with Gasteiger partial charge in [0.1, 0.15) is 5.75 Å². The van der Waals surface area contributed by atoms with E-state index in [1.165, 1.54) is 7.11 Å². The predicted molar refractivity (Wildman–Crippen MR) is 75.6 cm³/mol. The zero-order valence-corrected chi connectivity index (χ0v) is 12.0. The molecule has 0 saturated heterocycles. The van der Waals surface area contributed by atoms with Gasteiger partial charge in [-0.25, -0.2) is 0 Å². The van der Waals surface area contributed by atoms with Crippen LogP contribution in [-0.2, 0) is 0 Å². The Bertz CT molecular complexity index is 579. The number of ketones is 1. The van der Waals surface area contributed by atoms with Crippen LogP contribution in [0.4, 0.5) is 0 Å². The van der Waals surface area contributed by atoms with Gasteiger partial charge in [-0.05, 0) is 42.5 Å². The highest BCUT2D eigenvalue weighted by atomic mass is 79.9. The van der Waals surface area contributed by atoms with Gasteiger partial charge < -0.3 is 4.74 Å². The molecule has 2 nitrogen and oxygen atoms in total. The van der Waals surface area contributed by atoms with E-state index in [1.807, 2.05) is 12.1 Å². The molecule has 0 bridgehead atoms. The summed E-state index contributed by atoms with van der Waals surface area (Å²) in [6.45, 7) is 0. The zero-order valence-electron chi connectivity index (χ0n) is 9.61. The number of benzene rings is 2. The Morgan fingerprint density at radius 1 is 1.17 bits per heavy atom. The zero-order chi connectivity index (χ0) is 13.1. The molecule has 0 aromatic heterocycles. The van der Waals surface area contributed by atoms with Crippen molar-refractivity contribution in [1.29, 1.82) is 0 Å². The number of rotatable bonds is 3. The lowest BCUT2D eigenvalue weighted by atomic mass is 10.0. The molecule has 0 atom stereocenters. The molecule has 18 heavy (non-hydrogen) atoms. The molecule has 0 aliphatic heterocycles. The van der Waals surface area contributed by atoms with E-state index in [1.54, 1.807) is 30.3 Å². The second-order valence-corrected chi connectivity index (χ2v) is 5.03. The third-order valence-electron chi connectivity index (χ3n) is 2.51. The summed E-state index contributed by atoms with van der Waals surface area (Å²) < 4.78 is 6.11. The Labute approximate surface area is 119 Å². The highest BCUT2D eigenvalue weighted by Crippen LogP contribution is 2.25. The summed E-state index contributed by atoms with van der Waals surface area (Å²) in [5.74, 6) is 0.395. The van der Waals surface area contributed by atoms with E-state index in [2.05, 4.69) is 15.9 Å². The first kappa shape index (κ1) is 13.1. The fraction of sp³-hybridized carbons (Fsp3) is 0.0714. The molecule has 0 heterocycles. The fourth-order valence-corrected chi connectivity index (χ4v) is 2.04. The molecule has 0 aliphatic carbocycles. The largest absolute Gasteiger partial charge is 0.496 e. The van der Waals surface area contributed by atoms with Crippen molar-refractivity contribution < 1.29 is 9.53 Å². The average molecular weight is 326 g/mol. The average Bonchev–Trinajstić information content (AvgIpc) is 2.38. The first-order chi connectivity index (χ1) is 8.61. The van der Waals surface area contributed by atoms with Crippen molar-refractivity contribution in [2.75, 3.05) is 7.11 Å². The lowest BCUT2D eigenvalue weighted by Gasteiger charge is -2.08. The van der Waals surface area contributed by atoms with Crippen LogP contribution in [0.15, 0.2) is 46.9 Å². The van der Waals surface area contributed by atoms with E-state index in [4.69, 9.17) is 16.3 Å². The second-order valence-electron chi connectivity index (χ2n) is 3.68. The molecule has 0 fully saturated rings. The Morgan fingerprint density at radius 3 is 2.44 bits per heavy atom. The monoisotopic (exact) mass is 324 g/mol. The van der Waals surface area contributed by atoms with Gasteiger partial charge in [0.2, 0.25) is 0 Å². The molecule has 0 amide bonds. The van der Waals surface area contributed by atoms with Gasteiger partial charge in [-0.3, -0.25) is 4.79 Å². The van der Waals surface area contributed by atoms with Crippen LogP contribution >= 0.6 is 27.5 Å². The summed E-state index contributed by atoms with van der Waals surface area (Å²) in [5, 5.41) is 0.541. The van der Waals surface area contributed by atoms with Gasteiger partial charge >= 0.3 is 0 Å². The number of hydrogen-bond donors (Lipinski definition) is 0. The Hall–Kier alpha value is -1.32. The lowest BCUT2D eigenvalue weighted by molar-refractivity contribution is 0.103. The van der Waals surface area contributed by atoms with Crippen molar-refractivity contribution in [3.63, 3.8) is 0 Å². The van der Waals surface area contributed by atoms with Gasteiger partial charge in [-0.15, -0.1) is 0 Å². The normalized spacial score (nSPS) is 10.2. The molecule has 0 radical (unpaired) electrons. The molecular weight excluding hydrogens is 316 g/mol. The fourth-order valence-electron chi connectivity index (χ4n) is 1.61. The van der Waals surface area contributed by atoms with Crippen LogP contribution < -0.4 is 4.74 Å². The van der Waals surface area contributed by atoms with Gasteiger partial charge in [0.15, 0.2) is 5.78 Å². The minimum atomic E-state index is -0.0870. The van der Waals surface area contributed by atoms with Crippen LogP contribution in [0.25, 0.3) is 0 Å². The van der Waals surface area contributed by atoms with Gasteiger partial charge in [0.25, 0.3) is 0 Å². The minimum Gasteiger partial charge on any atom is -0.496 e. The van der Waals surface area contributed by atoms with Gasteiger partial charge in [-0.1, -0.05) is 27.5 Å². The van der Waals surface area contributed by atoms with Crippen molar-refractivity contribution in [2.24, 2.45) is 0 Å². The van der Waals surface area contributed by atoms with E-state index < -0.39 is 0 Å². The van der Waals surface area contributed by atoms with Crippen LogP contribution in [0, 0.1) is 0 Å². The summed E-state index contributed by atoms with van der Waals surface area (Å²) in [6, 6.07) is 12.2. The van der Waals surface area contributed by atoms with Crippen molar-refractivity contribution in [1.82, 2.24) is 0 Å². The standard InChI is InChI=1S/C14H10BrClO2/c1-18-13-8-11(16)6-7-12(13)14(17)9-2-4-10(15)5-3-9/h2-8H,1H3. The van der Waals surface area contributed by atoms with E-state index in [9.17, 15) is 4.79 Å². The third-order valence-corrected chi connectivity index (χ3v) is 3.28. The molecule has 2 aromatic rings. The number of carbonyl (C=O) groups excluding carboxylic acids is 1. The first-order valence-electron chi connectivity index (χ1n) is 5.25. The van der Waals surface area contributed by atoms with Crippen LogP contribution in [0.3, 0.4) is 0 Å². The Kier molecular flexibility index (Phi) is 4.04. The van der Waals surface area contributed by atoms with E-state index >= 15 is 0 Å². The maximum absolute atomic E-state index is 12.3. The molecule has 0 aliphatic rings. The number of ether oxygens (including phenoxy) is 1. The van der Waals surface area contributed by atoms with Crippen molar-refractivity contribution in [3.8, 4) is 5.75 Å². The minimum absolute atomic E-state index is 0.0870. The summed E-state index contributed by atoms with van der Waals surface area (Å²) in [7, 11) is 1.52. The van der Waals surface area contributed by atoms with E-state index in [0.717, 1.165) is 4.47 Å². The third kappa shape index (κ3) is 2.74. The van der Waals surface area contributed by atoms with Gasteiger partial charge in [-0.2, -0.15) is 0 Å². The second kappa shape index (κ2) is 5.55. The topological polar surface area (TPSA) is 26.3 Å². The van der Waals surface area contributed by atoms with Crippen molar-refractivity contribution in [2.45, 2.75) is 0 Å². The number of methoxy groups -OCH3 is 1. The van der Waals surface area contributed by atoms with Crippen LogP contribution in [0.2, 0.25) is 5.02 Å². The van der Waals surface area contributed by atoms with Gasteiger partial charge in [0, 0.05) is 15.1 Å². The smallest absolute Gasteiger partial charge is 0.196 e. The molecule has 0 N–H and O–H groups in total. The SMILES string of the molecule is COc1cc(Cl)ccc1C(=O)c1ccc(Br)cc1. The quantitative estimate of drug-likeness (QED) is 0.785. The van der Waals surface area contributed by atoms with Crippen molar-refractivity contribution in [3.05, 3.63) is 63.1 Å². The van der Waals surface area contributed by atoms with Crippen molar-refractivity contribution >= 4 is 33.3 Å². The summed E-state index contributed by atoms with van der Waals surface area (Å²) in [5.41, 5.74) is 1.11. The Balaban J connectivity index is 2.42. The van der Waals surface area contributed by atoms with E-state index in [0.29, 0.717) is 21.9 Å². The maximum Gasteiger partial charge on any atom is 0.196 e. The molecule has 92 valence electrons. The molecule has 0 spiro atoms. The van der Waals surface area contributed by atoms with Crippen LogP contribution in [0.1, 0.15) is 15.9 Å². The molecule has 4 heteroatoms. The Morgan fingerprint density at radius 2 is 1.83 bits per heavy atom. The molecule has 2 rings (SSSR count). The number of halogens is 2. The highest BCUT2D eigenvalue weighted by molar-refractivity contribution is 9.10. The van der Waals surface area contributed by atoms with Crippen LogP contribution in [-0.4, -0.2) is 12.9 Å². The van der Waals surface area contributed by atoms with E-state index in [-0.39, 0.29) is 5.78 Å². The summed E-state index contributed by atoms with van der Waals surface area (Å²) >= 11 is 9.20. The first-order valence-corrected chi connectivity index (χ1v) is 6.42. The van der Waals surface area contributed by atoms with Crippen LogP contribution in [0.5, 0.6) is 5.75 Å². The predicted octanol–water partition coefficient (Wildman–Crippen LogP) is 4.34. The number of hydrogen-bond acceptors (Lipinski definition) is 2.